The van der Waals surface area contributed by atoms with Crippen LogP contribution in [-0.4, -0.2) is 34.0 Å². The van der Waals surface area contributed by atoms with Gasteiger partial charge >= 0.3 is 5.97 Å². The van der Waals surface area contributed by atoms with Gasteiger partial charge in [0.15, 0.2) is 0 Å². The summed E-state index contributed by atoms with van der Waals surface area (Å²) in [5, 5.41) is 0. The molecule has 3 rings (SSSR count). The van der Waals surface area contributed by atoms with Gasteiger partial charge in [-0.2, -0.15) is 0 Å². The fourth-order valence-corrected chi connectivity index (χ4v) is 3.35. The van der Waals surface area contributed by atoms with Crippen molar-refractivity contribution in [3.63, 3.8) is 0 Å². The summed E-state index contributed by atoms with van der Waals surface area (Å²) in [5.41, 5.74) is 3.27. The molecule has 0 fully saturated rings. The van der Waals surface area contributed by atoms with Crippen molar-refractivity contribution in [2.45, 2.75) is 45.7 Å². The first-order chi connectivity index (χ1) is 12.0. The molecule has 132 valence electrons. The van der Waals surface area contributed by atoms with Gasteiger partial charge in [0, 0.05) is 19.3 Å². The molecular formula is C20H25N3O2. The minimum absolute atomic E-state index is 0.121. The maximum Gasteiger partial charge on any atom is 0.313 e. The summed E-state index contributed by atoms with van der Waals surface area (Å²) < 4.78 is 5.01. The molecule has 0 spiro atoms. The monoisotopic (exact) mass is 339 g/mol. The van der Waals surface area contributed by atoms with E-state index in [0.29, 0.717) is 12.4 Å². The number of nitrogens with zero attached hydrogens (tertiary/aromatic N) is 3. The predicted octanol–water partition coefficient (Wildman–Crippen LogP) is 2.88. The summed E-state index contributed by atoms with van der Waals surface area (Å²) >= 11 is 0. The van der Waals surface area contributed by atoms with Gasteiger partial charge in [0.2, 0.25) is 0 Å². The highest BCUT2D eigenvalue weighted by Crippen LogP contribution is 2.34. The first kappa shape index (κ1) is 17.5. The molecule has 1 aromatic carbocycles. The zero-order valence-corrected chi connectivity index (χ0v) is 15.2. The number of aromatic nitrogens is 2. The van der Waals surface area contributed by atoms with E-state index in [1.165, 1.54) is 11.1 Å². The first-order valence-electron chi connectivity index (χ1n) is 8.80. The lowest BCUT2D eigenvalue weighted by molar-refractivity contribution is -0.142. The molecule has 0 saturated heterocycles. The van der Waals surface area contributed by atoms with Crippen LogP contribution >= 0.6 is 0 Å². The second kappa shape index (κ2) is 7.31. The van der Waals surface area contributed by atoms with Crippen LogP contribution in [0, 0.1) is 0 Å². The van der Waals surface area contributed by atoms with E-state index < -0.39 is 0 Å². The Morgan fingerprint density at radius 1 is 1.28 bits per heavy atom. The Morgan fingerprint density at radius 3 is 2.76 bits per heavy atom. The average molecular weight is 339 g/mol. The zero-order chi connectivity index (χ0) is 17.9. The fourth-order valence-electron chi connectivity index (χ4n) is 3.35. The molecule has 1 aliphatic heterocycles. The van der Waals surface area contributed by atoms with E-state index in [1.807, 2.05) is 12.3 Å². The molecule has 0 amide bonds. The number of benzene rings is 1. The average Bonchev–Trinajstić information content (AvgIpc) is 2.59. The third kappa shape index (κ3) is 3.87. The Morgan fingerprint density at radius 2 is 2.04 bits per heavy atom. The minimum Gasteiger partial charge on any atom is -0.466 e. The number of carbonyl (C=O) groups is 1. The first-order valence-corrected chi connectivity index (χ1v) is 8.80. The largest absolute Gasteiger partial charge is 0.466 e. The Kier molecular flexibility index (Phi) is 5.13. The van der Waals surface area contributed by atoms with Gasteiger partial charge < -0.3 is 4.74 Å². The van der Waals surface area contributed by atoms with E-state index in [4.69, 9.17) is 9.72 Å². The SMILES string of the molecule is CCOC(=O)Cc1ncc2c(n1)C(C)(C)N(Cc1ccccc1)CC2. The number of hydrogen-bond donors (Lipinski definition) is 0. The van der Waals surface area contributed by atoms with Crippen molar-refractivity contribution in [1.82, 2.24) is 14.9 Å². The predicted molar refractivity (Wildman–Crippen MR) is 96.0 cm³/mol. The van der Waals surface area contributed by atoms with Crippen molar-refractivity contribution < 1.29 is 9.53 Å². The maximum absolute atomic E-state index is 11.7. The van der Waals surface area contributed by atoms with Crippen LogP contribution in [0.5, 0.6) is 0 Å². The van der Waals surface area contributed by atoms with E-state index in [2.05, 4.69) is 48.0 Å². The molecule has 0 radical (unpaired) electrons. The molecular weight excluding hydrogens is 314 g/mol. The van der Waals surface area contributed by atoms with Crippen LogP contribution in [0.3, 0.4) is 0 Å². The molecule has 1 aliphatic rings. The second-order valence-corrected chi connectivity index (χ2v) is 6.86. The van der Waals surface area contributed by atoms with Crippen molar-refractivity contribution in [2.24, 2.45) is 0 Å². The number of rotatable bonds is 5. The van der Waals surface area contributed by atoms with Gasteiger partial charge in [-0.1, -0.05) is 30.3 Å². The summed E-state index contributed by atoms with van der Waals surface area (Å²) in [5.74, 6) is 0.254. The molecule has 0 saturated carbocycles. The summed E-state index contributed by atoms with van der Waals surface area (Å²) in [4.78, 5) is 23.3. The van der Waals surface area contributed by atoms with Crippen molar-refractivity contribution in [3.05, 3.63) is 59.2 Å². The Hall–Kier alpha value is -2.27. The van der Waals surface area contributed by atoms with Gasteiger partial charge in [-0.15, -0.1) is 0 Å². The number of fused-ring (bicyclic) bond motifs is 1. The number of ether oxygens (including phenoxy) is 1. The molecule has 0 N–H and O–H groups in total. The van der Waals surface area contributed by atoms with Crippen molar-refractivity contribution >= 4 is 5.97 Å². The summed E-state index contributed by atoms with van der Waals surface area (Å²) in [6.07, 6.45) is 2.92. The molecule has 2 aromatic rings. The summed E-state index contributed by atoms with van der Waals surface area (Å²) in [6, 6.07) is 10.5. The van der Waals surface area contributed by atoms with E-state index in [1.54, 1.807) is 6.92 Å². The molecule has 1 aromatic heterocycles. The van der Waals surface area contributed by atoms with E-state index in [0.717, 1.165) is 25.2 Å². The van der Waals surface area contributed by atoms with Crippen LogP contribution < -0.4 is 0 Å². The minimum atomic E-state index is -0.280. The molecule has 25 heavy (non-hydrogen) atoms. The highest BCUT2D eigenvalue weighted by Gasteiger charge is 2.36. The van der Waals surface area contributed by atoms with E-state index in [-0.39, 0.29) is 17.9 Å². The number of esters is 1. The second-order valence-electron chi connectivity index (χ2n) is 6.86. The third-order valence-corrected chi connectivity index (χ3v) is 4.76. The highest BCUT2D eigenvalue weighted by atomic mass is 16.5. The lowest BCUT2D eigenvalue weighted by atomic mass is 9.88. The van der Waals surface area contributed by atoms with Crippen molar-refractivity contribution in [3.8, 4) is 0 Å². The van der Waals surface area contributed by atoms with Crippen molar-refractivity contribution in [2.75, 3.05) is 13.2 Å². The normalized spacial score (nSPS) is 16.3. The Bertz CT molecular complexity index is 744. The summed E-state index contributed by atoms with van der Waals surface area (Å²) in [7, 11) is 0. The van der Waals surface area contributed by atoms with Gasteiger partial charge in [0.05, 0.1) is 17.8 Å². The van der Waals surface area contributed by atoms with Gasteiger partial charge in [0.25, 0.3) is 0 Å². The lowest BCUT2D eigenvalue weighted by Gasteiger charge is -2.43. The van der Waals surface area contributed by atoms with Crippen LogP contribution in [-0.2, 0) is 34.5 Å². The van der Waals surface area contributed by atoms with Crippen LogP contribution in [0.4, 0.5) is 0 Å². The highest BCUT2D eigenvalue weighted by molar-refractivity contribution is 5.71. The zero-order valence-electron chi connectivity index (χ0n) is 15.2. The van der Waals surface area contributed by atoms with Crippen molar-refractivity contribution in [1.29, 1.82) is 0 Å². The van der Waals surface area contributed by atoms with E-state index in [9.17, 15) is 4.79 Å². The van der Waals surface area contributed by atoms with Gasteiger partial charge in [-0.3, -0.25) is 9.69 Å². The molecule has 0 atom stereocenters. The van der Waals surface area contributed by atoms with Crippen LogP contribution in [0.25, 0.3) is 0 Å². The Balaban J connectivity index is 1.83. The lowest BCUT2D eigenvalue weighted by Crippen LogP contribution is -2.47. The van der Waals surface area contributed by atoms with Gasteiger partial charge in [-0.05, 0) is 38.3 Å². The molecule has 2 heterocycles. The maximum atomic E-state index is 11.7. The number of hydrogen-bond acceptors (Lipinski definition) is 5. The quantitative estimate of drug-likeness (QED) is 0.784. The standard InChI is InChI=1S/C20H25N3O2/c1-4-25-18(24)12-17-21-13-16-10-11-23(20(2,3)19(16)22-17)14-15-8-6-5-7-9-15/h5-9,13H,4,10-12,14H2,1-3H3. The van der Waals surface area contributed by atoms with Gasteiger partial charge in [-0.25, -0.2) is 9.97 Å². The Labute approximate surface area is 149 Å². The van der Waals surface area contributed by atoms with Crippen LogP contribution in [0.15, 0.2) is 36.5 Å². The van der Waals surface area contributed by atoms with Crippen LogP contribution in [0.1, 0.15) is 43.4 Å². The fraction of sp³-hybridized carbons (Fsp3) is 0.450. The third-order valence-electron chi connectivity index (χ3n) is 4.76. The van der Waals surface area contributed by atoms with Crippen LogP contribution in [0.2, 0.25) is 0 Å². The molecule has 0 bridgehead atoms. The number of carbonyl (C=O) groups excluding carboxylic acids is 1. The molecule has 0 unspecified atom stereocenters. The molecule has 0 aliphatic carbocycles. The van der Waals surface area contributed by atoms with Gasteiger partial charge in [0.1, 0.15) is 12.2 Å². The van der Waals surface area contributed by atoms with E-state index >= 15 is 0 Å². The summed E-state index contributed by atoms with van der Waals surface area (Å²) in [6.45, 7) is 8.40. The topological polar surface area (TPSA) is 55.3 Å². The molecule has 5 heteroatoms. The molecule has 5 nitrogen and oxygen atoms in total. The smallest absolute Gasteiger partial charge is 0.313 e.